The third-order valence-electron chi connectivity index (χ3n) is 4.73. The molecule has 0 aromatic heterocycles. The largest absolute Gasteiger partial charge is 0.492 e. The average Bonchev–Trinajstić information content (AvgIpc) is 2.79. The Morgan fingerprint density at radius 3 is 2.31 bits per heavy atom. The minimum atomic E-state index is -3.88. The number of ether oxygens (including phenoxy) is 1. The van der Waals surface area contributed by atoms with E-state index < -0.39 is 15.9 Å². The lowest BCUT2D eigenvalue weighted by molar-refractivity contribution is -0.116. The molecule has 32 heavy (non-hydrogen) atoms. The zero-order chi connectivity index (χ0) is 23.0. The summed E-state index contributed by atoms with van der Waals surface area (Å²) in [4.78, 5) is 13.0. The summed E-state index contributed by atoms with van der Waals surface area (Å²) in [5, 5.41) is 2.78. The van der Waals surface area contributed by atoms with Crippen LogP contribution in [0.5, 0.6) is 5.75 Å². The molecule has 3 rings (SSSR count). The van der Waals surface area contributed by atoms with Gasteiger partial charge in [0, 0.05) is 11.0 Å². The molecule has 3 aromatic rings. The second kappa shape index (κ2) is 11.3. The summed E-state index contributed by atoms with van der Waals surface area (Å²) in [5.74, 6) is 0.0980. The topological polar surface area (TPSA) is 75.7 Å². The van der Waals surface area contributed by atoms with Crippen molar-refractivity contribution in [1.82, 2.24) is 4.31 Å². The van der Waals surface area contributed by atoms with Gasteiger partial charge in [0.15, 0.2) is 0 Å². The Balaban J connectivity index is 1.81. The summed E-state index contributed by atoms with van der Waals surface area (Å²) in [7, 11) is -3.88. The van der Waals surface area contributed by atoms with Gasteiger partial charge in [-0.15, -0.1) is 0 Å². The molecule has 0 aliphatic heterocycles. The van der Waals surface area contributed by atoms with Crippen molar-refractivity contribution < 1.29 is 17.9 Å². The maximum atomic E-state index is 13.3. The fraction of sp³-hybridized carbons (Fsp3) is 0.208. The molecule has 8 heteroatoms. The van der Waals surface area contributed by atoms with Gasteiger partial charge in [-0.1, -0.05) is 58.4 Å². The average molecular weight is 517 g/mol. The normalized spacial score (nSPS) is 11.3. The van der Waals surface area contributed by atoms with Gasteiger partial charge in [0.2, 0.25) is 15.9 Å². The van der Waals surface area contributed by atoms with Crippen LogP contribution < -0.4 is 10.1 Å². The number of rotatable bonds is 10. The van der Waals surface area contributed by atoms with Gasteiger partial charge >= 0.3 is 0 Å². The highest BCUT2D eigenvalue weighted by molar-refractivity contribution is 9.10. The van der Waals surface area contributed by atoms with Crippen molar-refractivity contribution in [2.24, 2.45) is 0 Å². The Kier molecular flexibility index (Phi) is 8.44. The van der Waals surface area contributed by atoms with Gasteiger partial charge in [0.05, 0.1) is 23.7 Å². The molecule has 168 valence electrons. The van der Waals surface area contributed by atoms with Crippen LogP contribution in [-0.4, -0.2) is 38.3 Å². The smallest absolute Gasteiger partial charge is 0.243 e. The predicted molar refractivity (Wildman–Crippen MR) is 129 cm³/mol. The van der Waals surface area contributed by atoms with Crippen molar-refractivity contribution in [1.29, 1.82) is 0 Å². The SMILES string of the molecule is CCOc1ccccc1NC(=O)CN(CCc1ccccc1)S(=O)(=O)c1ccc(Br)cc1. The maximum absolute atomic E-state index is 13.3. The number of carbonyl (C=O) groups excluding carboxylic acids is 1. The van der Waals surface area contributed by atoms with Crippen LogP contribution in [0.4, 0.5) is 5.69 Å². The van der Waals surface area contributed by atoms with Crippen LogP contribution in [0.25, 0.3) is 0 Å². The van der Waals surface area contributed by atoms with Crippen LogP contribution in [0.3, 0.4) is 0 Å². The zero-order valence-corrected chi connectivity index (χ0v) is 20.1. The highest BCUT2D eigenvalue weighted by Gasteiger charge is 2.27. The Bertz CT molecular complexity index is 1140. The molecular weight excluding hydrogens is 492 g/mol. The van der Waals surface area contributed by atoms with Crippen LogP contribution in [-0.2, 0) is 21.2 Å². The first kappa shape index (κ1) is 24.0. The van der Waals surface area contributed by atoms with E-state index >= 15 is 0 Å². The van der Waals surface area contributed by atoms with Gasteiger partial charge < -0.3 is 10.1 Å². The monoisotopic (exact) mass is 516 g/mol. The Labute approximate surface area is 197 Å². The minimum absolute atomic E-state index is 0.135. The number of benzene rings is 3. The van der Waals surface area contributed by atoms with Gasteiger partial charge in [-0.2, -0.15) is 4.31 Å². The summed E-state index contributed by atoms with van der Waals surface area (Å²) in [6.45, 7) is 2.16. The number of hydrogen-bond acceptors (Lipinski definition) is 4. The standard InChI is InChI=1S/C24H25BrN2O4S/c1-2-31-23-11-7-6-10-22(23)26-24(28)18-27(17-16-19-8-4-3-5-9-19)32(29,30)21-14-12-20(25)13-15-21/h3-15H,2,16-18H2,1H3,(H,26,28). The predicted octanol–water partition coefficient (Wildman–Crippen LogP) is 4.72. The molecular formula is C24H25BrN2O4S. The number of amides is 1. The number of carbonyl (C=O) groups is 1. The number of nitrogens with zero attached hydrogens (tertiary/aromatic N) is 1. The third-order valence-corrected chi connectivity index (χ3v) is 7.11. The summed E-state index contributed by atoms with van der Waals surface area (Å²) in [6.07, 6.45) is 0.486. The first-order chi connectivity index (χ1) is 15.4. The summed E-state index contributed by atoms with van der Waals surface area (Å²) in [5.41, 5.74) is 1.49. The van der Waals surface area contributed by atoms with Gasteiger partial charge in [-0.05, 0) is 55.3 Å². The maximum Gasteiger partial charge on any atom is 0.243 e. The number of nitrogens with one attached hydrogen (secondary N) is 1. The Hall–Kier alpha value is -2.68. The van der Waals surface area contributed by atoms with E-state index in [2.05, 4.69) is 21.2 Å². The first-order valence-corrected chi connectivity index (χ1v) is 12.4. The van der Waals surface area contributed by atoms with Crippen molar-refractivity contribution in [3.05, 3.63) is 88.9 Å². The zero-order valence-electron chi connectivity index (χ0n) is 17.7. The van der Waals surface area contributed by atoms with Crippen molar-refractivity contribution in [2.75, 3.05) is 25.0 Å². The summed E-state index contributed by atoms with van der Waals surface area (Å²) >= 11 is 3.32. The van der Waals surface area contributed by atoms with E-state index in [1.165, 1.54) is 16.4 Å². The number of halogens is 1. The molecule has 0 aliphatic rings. The molecule has 0 saturated carbocycles. The first-order valence-electron chi connectivity index (χ1n) is 10.2. The molecule has 0 unspecified atom stereocenters. The van der Waals surface area contributed by atoms with Gasteiger partial charge in [-0.25, -0.2) is 8.42 Å². The van der Waals surface area contributed by atoms with Crippen LogP contribution in [0.1, 0.15) is 12.5 Å². The summed E-state index contributed by atoms with van der Waals surface area (Å²) < 4.78 is 34.2. The van der Waals surface area contributed by atoms with Crippen LogP contribution in [0, 0.1) is 0 Å². The molecule has 1 N–H and O–H groups in total. The quantitative estimate of drug-likeness (QED) is 0.423. The number of anilines is 1. The van der Waals surface area contributed by atoms with Gasteiger partial charge in [-0.3, -0.25) is 4.79 Å². The van der Waals surface area contributed by atoms with E-state index in [-0.39, 0.29) is 18.0 Å². The molecule has 0 radical (unpaired) electrons. The number of hydrogen-bond donors (Lipinski definition) is 1. The second-order valence-corrected chi connectivity index (χ2v) is 9.86. The third kappa shape index (κ3) is 6.41. The lowest BCUT2D eigenvalue weighted by Crippen LogP contribution is -2.39. The molecule has 0 atom stereocenters. The Morgan fingerprint density at radius 1 is 0.969 bits per heavy atom. The fourth-order valence-corrected chi connectivity index (χ4v) is 4.80. The Morgan fingerprint density at radius 2 is 1.62 bits per heavy atom. The van der Waals surface area contributed by atoms with Crippen LogP contribution >= 0.6 is 15.9 Å². The van der Waals surface area contributed by atoms with Crippen molar-refractivity contribution >= 4 is 37.5 Å². The van der Waals surface area contributed by atoms with Gasteiger partial charge in [0.25, 0.3) is 0 Å². The molecule has 0 aliphatic carbocycles. The highest BCUT2D eigenvalue weighted by atomic mass is 79.9. The molecule has 3 aromatic carbocycles. The molecule has 6 nitrogen and oxygen atoms in total. The molecule has 0 spiro atoms. The fourth-order valence-electron chi connectivity index (χ4n) is 3.14. The van der Waals surface area contributed by atoms with E-state index in [0.29, 0.717) is 24.5 Å². The number of sulfonamides is 1. The van der Waals surface area contributed by atoms with E-state index in [0.717, 1.165) is 10.0 Å². The number of para-hydroxylation sites is 2. The van der Waals surface area contributed by atoms with Crippen molar-refractivity contribution in [3.8, 4) is 5.75 Å². The van der Waals surface area contributed by atoms with E-state index in [4.69, 9.17) is 4.74 Å². The van der Waals surface area contributed by atoms with Crippen LogP contribution in [0.15, 0.2) is 88.2 Å². The molecule has 0 bridgehead atoms. The lowest BCUT2D eigenvalue weighted by atomic mass is 10.1. The molecule has 0 heterocycles. The van der Waals surface area contributed by atoms with Gasteiger partial charge in [0.1, 0.15) is 5.75 Å². The van der Waals surface area contributed by atoms with Crippen molar-refractivity contribution in [3.63, 3.8) is 0 Å². The lowest BCUT2D eigenvalue weighted by Gasteiger charge is -2.22. The van der Waals surface area contributed by atoms with E-state index in [1.54, 1.807) is 30.3 Å². The molecule has 0 saturated heterocycles. The van der Waals surface area contributed by atoms with Crippen molar-refractivity contribution in [2.45, 2.75) is 18.2 Å². The van der Waals surface area contributed by atoms with E-state index in [1.807, 2.05) is 43.3 Å². The molecule has 0 fully saturated rings. The minimum Gasteiger partial charge on any atom is -0.492 e. The second-order valence-electron chi connectivity index (χ2n) is 7.01. The van der Waals surface area contributed by atoms with Crippen LogP contribution in [0.2, 0.25) is 0 Å². The molecule has 1 amide bonds. The highest BCUT2D eigenvalue weighted by Crippen LogP contribution is 2.24. The van der Waals surface area contributed by atoms with E-state index in [9.17, 15) is 13.2 Å². The summed E-state index contributed by atoms with van der Waals surface area (Å²) in [6, 6.07) is 23.0.